The van der Waals surface area contributed by atoms with Crippen molar-refractivity contribution < 1.29 is 9.59 Å². The number of carbonyl (C=O) groups is 2. The predicted octanol–water partition coefficient (Wildman–Crippen LogP) is 0.898. The normalized spacial score (nSPS) is 23.4. The summed E-state index contributed by atoms with van der Waals surface area (Å²) in [5, 5.41) is 5.87. The molecule has 1 atom stereocenters. The summed E-state index contributed by atoms with van der Waals surface area (Å²) < 4.78 is 0. The van der Waals surface area contributed by atoms with E-state index in [1.165, 1.54) is 0 Å². The second kappa shape index (κ2) is 3.42. The topological polar surface area (TPSA) is 58.2 Å². The van der Waals surface area contributed by atoms with Crippen LogP contribution in [0.1, 0.15) is 28.3 Å². The molecule has 1 aromatic carbocycles. The third kappa shape index (κ3) is 1.27. The van der Waals surface area contributed by atoms with Crippen LogP contribution in [0, 0.1) is 0 Å². The summed E-state index contributed by atoms with van der Waals surface area (Å²) in [5.74, 6) is -0.544. The van der Waals surface area contributed by atoms with Crippen LogP contribution < -0.4 is 10.6 Å². The maximum atomic E-state index is 11.7. The van der Waals surface area contributed by atoms with Gasteiger partial charge < -0.3 is 10.6 Å². The van der Waals surface area contributed by atoms with E-state index in [4.69, 9.17) is 0 Å². The highest BCUT2D eigenvalue weighted by molar-refractivity contribution is 6.52. The van der Waals surface area contributed by atoms with Gasteiger partial charge in [0.05, 0.1) is 11.3 Å². The number of amides is 1. The highest BCUT2D eigenvalue weighted by Crippen LogP contribution is 2.33. The number of benzene rings is 1. The van der Waals surface area contributed by atoms with Crippen LogP contribution in [-0.2, 0) is 4.79 Å². The number of nitrogens with one attached hydrogen (secondary N) is 2. The van der Waals surface area contributed by atoms with Crippen LogP contribution in [0.2, 0.25) is 0 Å². The predicted molar refractivity (Wildman–Crippen MR) is 59.6 cm³/mol. The summed E-state index contributed by atoms with van der Waals surface area (Å²) in [4.78, 5) is 23.1. The second-order valence-corrected chi connectivity index (χ2v) is 4.24. The highest BCUT2D eigenvalue weighted by atomic mass is 16.2. The quantitative estimate of drug-likeness (QED) is 0.686. The zero-order valence-electron chi connectivity index (χ0n) is 8.75. The van der Waals surface area contributed by atoms with Gasteiger partial charge in [0.25, 0.3) is 11.7 Å². The van der Waals surface area contributed by atoms with E-state index in [1.54, 1.807) is 6.07 Å². The van der Waals surface area contributed by atoms with Crippen molar-refractivity contribution in [3.8, 4) is 0 Å². The van der Waals surface area contributed by atoms with Crippen molar-refractivity contribution in [1.82, 2.24) is 5.32 Å². The average Bonchev–Trinajstić information content (AvgIpc) is 2.88. The summed E-state index contributed by atoms with van der Waals surface area (Å²) in [6, 6.07) is 5.63. The van der Waals surface area contributed by atoms with E-state index in [0.29, 0.717) is 17.2 Å². The fourth-order valence-electron chi connectivity index (χ4n) is 2.48. The van der Waals surface area contributed by atoms with Crippen LogP contribution >= 0.6 is 0 Å². The standard InChI is InChI=1S/C12H12N2O2/c15-11-10-8(7-4-5-13-6-7)2-1-3-9(10)14-12(11)16/h1-3,7,13H,4-6H2,(H,14,15,16). The first-order chi connectivity index (χ1) is 7.77. The van der Waals surface area contributed by atoms with Crippen molar-refractivity contribution in [1.29, 1.82) is 0 Å². The fourth-order valence-corrected chi connectivity index (χ4v) is 2.48. The van der Waals surface area contributed by atoms with Gasteiger partial charge in [0.2, 0.25) is 0 Å². The van der Waals surface area contributed by atoms with Crippen molar-refractivity contribution in [3.63, 3.8) is 0 Å². The molecule has 4 nitrogen and oxygen atoms in total. The number of hydrogen-bond acceptors (Lipinski definition) is 3. The SMILES string of the molecule is O=C1Nc2cccc(C3CCNC3)c2C1=O. The van der Waals surface area contributed by atoms with Gasteiger partial charge in [0.1, 0.15) is 0 Å². The maximum Gasteiger partial charge on any atom is 0.296 e. The number of Topliss-reactive ketones (excluding diaryl/α,β-unsaturated/α-hetero) is 1. The Morgan fingerprint density at radius 1 is 1.25 bits per heavy atom. The van der Waals surface area contributed by atoms with Gasteiger partial charge in [-0.25, -0.2) is 0 Å². The van der Waals surface area contributed by atoms with E-state index in [0.717, 1.165) is 25.1 Å². The van der Waals surface area contributed by atoms with E-state index in [1.807, 2.05) is 12.1 Å². The van der Waals surface area contributed by atoms with E-state index in [9.17, 15) is 9.59 Å². The van der Waals surface area contributed by atoms with E-state index < -0.39 is 11.7 Å². The van der Waals surface area contributed by atoms with Crippen molar-refractivity contribution in [3.05, 3.63) is 29.3 Å². The highest BCUT2D eigenvalue weighted by Gasteiger charge is 2.33. The molecule has 0 aromatic heterocycles. The van der Waals surface area contributed by atoms with Gasteiger partial charge in [-0.15, -0.1) is 0 Å². The Morgan fingerprint density at radius 2 is 2.12 bits per heavy atom. The zero-order valence-corrected chi connectivity index (χ0v) is 8.75. The largest absolute Gasteiger partial charge is 0.318 e. The molecule has 82 valence electrons. The number of carbonyl (C=O) groups excluding carboxylic acids is 2. The van der Waals surface area contributed by atoms with E-state index in [2.05, 4.69) is 10.6 Å². The molecule has 1 aromatic rings. The summed E-state index contributed by atoms with van der Waals surface area (Å²) in [6.07, 6.45) is 1.03. The molecule has 0 aliphatic carbocycles. The van der Waals surface area contributed by atoms with Gasteiger partial charge >= 0.3 is 0 Å². The van der Waals surface area contributed by atoms with Crippen LogP contribution in [0.3, 0.4) is 0 Å². The third-order valence-electron chi connectivity index (χ3n) is 3.28. The average molecular weight is 216 g/mol. The van der Waals surface area contributed by atoms with Crippen molar-refractivity contribution in [2.24, 2.45) is 0 Å². The van der Waals surface area contributed by atoms with Crippen molar-refractivity contribution >= 4 is 17.4 Å². The molecule has 4 heteroatoms. The number of ketones is 1. The Labute approximate surface area is 93.0 Å². The molecule has 0 bridgehead atoms. The van der Waals surface area contributed by atoms with Crippen LogP contribution in [0.25, 0.3) is 0 Å². The fraction of sp³-hybridized carbons (Fsp3) is 0.333. The molecular formula is C12H12N2O2. The first-order valence-electron chi connectivity index (χ1n) is 5.46. The Hall–Kier alpha value is -1.68. The lowest BCUT2D eigenvalue weighted by atomic mass is 9.92. The molecule has 1 unspecified atom stereocenters. The lowest BCUT2D eigenvalue weighted by molar-refractivity contribution is -0.112. The Bertz CT molecular complexity index is 476. The van der Waals surface area contributed by atoms with E-state index >= 15 is 0 Å². The monoisotopic (exact) mass is 216 g/mol. The lowest BCUT2D eigenvalue weighted by Gasteiger charge is -2.11. The first-order valence-corrected chi connectivity index (χ1v) is 5.46. The lowest BCUT2D eigenvalue weighted by Crippen LogP contribution is -2.14. The number of rotatable bonds is 1. The van der Waals surface area contributed by atoms with Gasteiger partial charge in [-0.3, -0.25) is 9.59 Å². The molecule has 2 aliphatic heterocycles. The van der Waals surface area contributed by atoms with Gasteiger partial charge in [0, 0.05) is 6.54 Å². The first kappa shape index (κ1) is 9.54. The molecule has 2 aliphatic rings. The van der Waals surface area contributed by atoms with Gasteiger partial charge in [0.15, 0.2) is 0 Å². The molecule has 0 spiro atoms. The minimum absolute atomic E-state index is 0.353. The third-order valence-corrected chi connectivity index (χ3v) is 3.28. The van der Waals surface area contributed by atoms with Gasteiger partial charge in [-0.05, 0) is 30.5 Å². The molecule has 1 fully saturated rings. The Kier molecular flexibility index (Phi) is 2.04. The van der Waals surface area contributed by atoms with Crippen molar-refractivity contribution in [2.75, 3.05) is 18.4 Å². The van der Waals surface area contributed by atoms with E-state index in [-0.39, 0.29) is 0 Å². The van der Waals surface area contributed by atoms with Crippen LogP contribution in [0.4, 0.5) is 5.69 Å². The summed E-state index contributed by atoms with van der Waals surface area (Å²) in [5.41, 5.74) is 2.26. The Morgan fingerprint density at radius 3 is 2.88 bits per heavy atom. The molecule has 0 radical (unpaired) electrons. The van der Waals surface area contributed by atoms with Crippen LogP contribution in [-0.4, -0.2) is 24.8 Å². The minimum atomic E-state index is -0.506. The molecular weight excluding hydrogens is 204 g/mol. The van der Waals surface area contributed by atoms with Gasteiger partial charge in [-0.1, -0.05) is 12.1 Å². The summed E-state index contributed by atoms with van der Waals surface area (Å²) in [6.45, 7) is 1.86. The zero-order chi connectivity index (χ0) is 11.1. The number of hydrogen-bond donors (Lipinski definition) is 2. The molecule has 1 amide bonds. The molecule has 3 rings (SSSR count). The molecule has 0 saturated carbocycles. The molecule has 1 saturated heterocycles. The Balaban J connectivity index is 2.10. The molecule has 2 N–H and O–H groups in total. The number of fused-ring (bicyclic) bond motifs is 1. The molecule has 16 heavy (non-hydrogen) atoms. The summed E-state index contributed by atoms with van der Waals surface area (Å²) >= 11 is 0. The smallest absolute Gasteiger partial charge is 0.296 e. The summed E-state index contributed by atoms with van der Waals surface area (Å²) in [7, 11) is 0. The number of anilines is 1. The van der Waals surface area contributed by atoms with Crippen molar-refractivity contribution in [2.45, 2.75) is 12.3 Å². The van der Waals surface area contributed by atoms with Crippen LogP contribution in [0.15, 0.2) is 18.2 Å². The second-order valence-electron chi connectivity index (χ2n) is 4.24. The van der Waals surface area contributed by atoms with Crippen LogP contribution in [0.5, 0.6) is 0 Å². The van der Waals surface area contributed by atoms with Gasteiger partial charge in [-0.2, -0.15) is 0 Å². The maximum absolute atomic E-state index is 11.7. The molecule has 2 heterocycles. The minimum Gasteiger partial charge on any atom is -0.318 e.